The molecule has 12 heavy (non-hydrogen) atoms. The molecule has 0 amide bonds. The Kier molecular flexibility index (Phi) is 1.99. The number of halogens is 1. The van der Waals surface area contributed by atoms with Crippen LogP contribution in [0.2, 0.25) is 0 Å². The predicted molar refractivity (Wildman–Crippen MR) is 52.6 cm³/mol. The fourth-order valence-electron chi connectivity index (χ4n) is 1.84. The number of nitrogens with zero attached hydrogens (tertiary/aromatic N) is 2. The van der Waals surface area contributed by atoms with Crippen LogP contribution >= 0.6 is 15.9 Å². The molecule has 2 rings (SSSR count). The Morgan fingerprint density at radius 1 is 1.75 bits per heavy atom. The van der Waals surface area contributed by atoms with E-state index in [1.165, 1.54) is 17.7 Å². The van der Waals surface area contributed by atoms with Gasteiger partial charge in [-0.3, -0.25) is 4.68 Å². The molecule has 3 heteroatoms. The topological polar surface area (TPSA) is 17.8 Å². The van der Waals surface area contributed by atoms with Gasteiger partial charge in [0.2, 0.25) is 0 Å². The number of aromatic nitrogens is 2. The lowest BCUT2D eigenvalue weighted by Crippen LogP contribution is -1.98. The van der Waals surface area contributed by atoms with Gasteiger partial charge in [0.25, 0.3) is 0 Å². The highest BCUT2D eigenvalue weighted by Crippen LogP contribution is 2.48. The highest BCUT2D eigenvalue weighted by atomic mass is 79.9. The maximum atomic E-state index is 4.25. The van der Waals surface area contributed by atoms with Crippen LogP contribution in [0, 0.1) is 12.8 Å². The molecule has 2 nitrogen and oxygen atoms in total. The van der Waals surface area contributed by atoms with Crippen molar-refractivity contribution in [2.75, 3.05) is 5.33 Å². The Morgan fingerprint density at radius 3 is 2.92 bits per heavy atom. The largest absolute Gasteiger partial charge is 0.272 e. The van der Waals surface area contributed by atoms with E-state index < -0.39 is 0 Å². The van der Waals surface area contributed by atoms with Crippen molar-refractivity contribution in [3.8, 4) is 0 Å². The zero-order valence-corrected chi connectivity index (χ0v) is 9.00. The zero-order chi connectivity index (χ0) is 8.72. The van der Waals surface area contributed by atoms with Crippen LogP contribution in [0.25, 0.3) is 0 Å². The van der Waals surface area contributed by atoms with Crippen LogP contribution < -0.4 is 0 Å². The number of rotatable bonds is 2. The first-order chi connectivity index (χ1) is 5.74. The van der Waals surface area contributed by atoms with E-state index in [4.69, 9.17) is 0 Å². The molecule has 1 aromatic heterocycles. The molecule has 1 aromatic rings. The van der Waals surface area contributed by atoms with Crippen molar-refractivity contribution in [3.63, 3.8) is 0 Å². The first-order valence-corrected chi connectivity index (χ1v) is 5.40. The summed E-state index contributed by atoms with van der Waals surface area (Å²) in [5, 5.41) is 5.37. The van der Waals surface area contributed by atoms with Crippen molar-refractivity contribution >= 4 is 15.9 Å². The Labute approximate surface area is 81.1 Å². The number of alkyl halides is 1. The summed E-state index contributed by atoms with van der Waals surface area (Å²) in [6, 6.07) is 0. The van der Waals surface area contributed by atoms with Crippen LogP contribution in [0.4, 0.5) is 0 Å². The third-order valence-corrected chi connectivity index (χ3v) is 3.48. The molecule has 0 saturated heterocycles. The first-order valence-electron chi connectivity index (χ1n) is 4.28. The summed E-state index contributed by atoms with van der Waals surface area (Å²) >= 11 is 3.52. The van der Waals surface area contributed by atoms with Gasteiger partial charge in [0, 0.05) is 24.0 Å². The standard InChI is InChI=1S/C9H13BrN2/c1-6-5-11-12(2)9(6)8-3-7(8)4-10/h5,7-8H,3-4H2,1-2H3. The molecule has 1 fully saturated rings. The van der Waals surface area contributed by atoms with Gasteiger partial charge in [-0.15, -0.1) is 0 Å². The SMILES string of the molecule is Cc1cnn(C)c1C1CC1CBr. The molecule has 0 aliphatic heterocycles. The lowest BCUT2D eigenvalue weighted by atomic mass is 10.2. The van der Waals surface area contributed by atoms with E-state index >= 15 is 0 Å². The Balaban J connectivity index is 2.23. The molecule has 0 spiro atoms. The lowest BCUT2D eigenvalue weighted by molar-refractivity contribution is 0.699. The summed E-state index contributed by atoms with van der Waals surface area (Å²) in [5.74, 6) is 1.61. The normalized spacial score (nSPS) is 27.6. The summed E-state index contributed by atoms with van der Waals surface area (Å²) in [5.41, 5.74) is 2.77. The summed E-state index contributed by atoms with van der Waals surface area (Å²) in [4.78, 5) is 0. The third-order valence-electron chi connectivity index (χ3n) is 2.65. The van der Waals surface area contributed by atoms with Gasteiger partial charge >= 0.3 is 0 Å². The molecule has 2 atom stereocenters. The smallest absolute Gasteiger partial charge is 0.0521 e. The Hall–Kier alpha value is -0.310. The fourth-order valence-corrected chi connectivity index (χ4v) is 2.56. The molecule has 1 heterocycles. The van der Waals surface area contributed by atoms with Gasteiger partial charge in [-0.2, -0.15) is 5.10 Å². The second-order valence-corrected chi connectivity index (χ2v) is 4.24. The average Bonchev–Trinajstić information content (AvgIpc) is 2.74. The number of hydrogen-bond donors (Lipinski definition) is 0. The van der Waals surface area contributed by atoms with E-state index in [1.807, 2.05) is 17.9 Å². The predicted octanol–water partition coefficient (Wildman–Crippen LogP) is 2.23. The van der Waals surface area contributed by atoms with Crippen molar-refractivity contribution in [1.29, 1.82) is 0 Å². The van der Waals surface area contributed by atoms with Gasteiger partial charge in [0.15, 0.2) is 0 Å². The van der Waals surface area contributed by atoms with Crippen molar-refractivity contribution in [2.45, 2.75) is 19.3 Å². The zero-order valence-electron chi connectivity index (χ0n) is 7.42. The lowest BCUT2D eigenvalue weighted by Gasteiger charge is -2.00. The molecule has 1 aliphatic carbocycles. The minimum Gasteiger partial charge on any atom is -0.272 e. The average molecular weight is 229 g/mol. The van der Waals surface area contributed by atoms with E-state index in [1.54, 1.807) is 0 Å². The van der Waals surface area contributed by atoms with Crippen molar-refractivity contribution in [2.24, 2.45) is 13.0 Å². The van der Waals surface area contributed by atoms with E-state index in [0.29, 0.717) is 0 Å². The molecule has 1 aliphatic rings. The van der Waals surface area contributed by atoms with Gasteiger partial charge < -0.3 is 0 Å². The van der Waals surface area contributed by atoms with E-state index in [-0.39, 0.29) is 0 Å². The van der Waals surface area contributed by atoms with Crippen molar-refractivity contribution < 1.29 is 0 Å². The van der Waals surface area contributed by atoms with E-state index in [9.17, 15) is 0 Å². The van der Waals surface area contributed by atoms with Crippen LogP contribution in [-0.4, -0.2) is 15.1 Å². The van der Waals surface area contributed by atoms with Gasteiger partial charge in [-0.1, -0.05) is 15.9 Å². The highest BCUT2D eigenvalue weighted by molar-refractivity contribution is 9.09. The van der Waals surface area contributed by atoms with E-state index in [2.05, 4.69) is 28.0 Å². The van der Waals surface area contributed by atoms with Crippen LogP contribution in [-0.2, 0) is 7.05 Å². The molecule has 0 bridgehead atoms. The summed E-state index contributed by atoms with van der Waals surface area (Å²) in [6.45, 7) is 2.14. The third kappa shape index (κ3) is 1.20. The monoisotopic (exact) mass is 228 g/mol. The molecule has 0 aromatic carbocycles. The van der Waals surface area contributed by atoms with Crippen LogP contribution in [0.5, 0.6) is 0 Å². The Bertz CT molecular complexity index is 273. The highest BCUT2D eigenvalue weighted by Gasteiger charge is 2.39. The summed E-state index contributed by atoms with van der Waals surface area (Å²) in [6.07, 6.45) is 3.28. The van der Waals surface area contributed by atoms with Crippen LogP contribution in [0.1, 0.15) is 23.6 Å². The fraction of sp³-hybridized carbons (Fsp3) is 0.667. The number of hydrogen-bond acceptors (Lipinski definition) is 1. The number of aryl methyl sites for hydroxylation is 2. The summed E-state index contributed by atoms with van der Waals surface area (Å²) < 4.78 is 2.02. The van der Waals surface area contributed by atoms with Crippen molar-refractivity contribution in [1.82, 2.24) is 9.78 Å². The molecular weight excluding hydrogens is 216 g/mol. The molecule has 1 saturated carbocycles. The first kappa shape index (κ1) is 8.30. The van der Waals surface area contributed by atoms with Crippen molar-refractivity contribution in [3.05, 3.63) is 17.5 Å². The molecule has 66 valence electrons. The van der Waals surface area contributed by atoms with Crippen LogP contribution in [0.15, 0.2) is 6.20 Å². The quantitative estimate of drug-likeness (QED) is 0.711. The minimum absolute atomic E-state index is 0.761. The minimum atomic E-state index is 0.761. The summed E-state index contributed by atoms with van der Waals surface area (Å²) in [7, 11) is 2.03. The second kappa shape index (κ2) is 2.87. The maximum Gasteiger partial charge on any atom is 0.0521 e. The second-order valence-electron chi connectivity index (χ2n) is 3.59. The molecule has 2 unspecified atom stereocenters. The van der Waals surface area contributed by atoms with Gasteiger partial charge in [-0.05, 0) is 24.8 Å². The molecular formula is C9H13BrN2. The Morgan fingerprint density at radius 2 is 2.50 bits per heavy atom. The maximum absolute atomic E-state index is 4.25. The van der Waals surface area contributed by atoms with Gasteiger partial charge in [0.1, 0.15) is 0 Å². The van der Waals surface area contributed by atoms with Crippen LogP contribution in [0.3, 0.4) is 0 Å². The molecule has 0 N–H and O–H groups in total. The molecule has 0 radical (unpaired) electrons. The van der Waals surface area contributed by atoms with Gasteiger partial charge in [-0.25, -0.2) is 0 Å². The van der Waals surface area contributed by atoms with E-state index in [0.717, 1.165) is 17.2 Å². The van der Waals surface area contributed by atoms with Gasteiger partial charge in [0.05, 0.1) is 6.20 Å².